The summed E-state index contributed by atoms with van der Waals surface area (Å²) in [5, 5.41) is 5.12. The highest BCUT2D eigenvalue weighted by atomic mass is 19.4. The molecule has 0 saturated heterocycles. The van der Waals surface area contributed by atoms with Gasteiger partial charge in [0, 0.05) is 24.1 Å². The van der Waals surface area contributed by atoms with Crippen molar-refractivity contribution in [3.63, 3.8) is 0 Å². The summed E-state index contributed by atoms with van der Waals surface area (Å²) in [6, 6.07) is 15.8. The Morgan fingerprint density at radius 3 is 2.57 bits per heavy atom. The van der Waals surface area contributed by atoms with Crippen LogP contribution in [0.5, 0.6) is 0 Å². The van der Waals surface area contributed by atoms with Crippen molar-refractivity contribution in [2.45, 2.75) is 26.2 Å². The van der Waals surface area contributed by atoms with E-state index >= 15 is 0 Å². The van der Waals surface area contributed by atoms with Gasteiger partial charge in [-0.25, -0.2) is 4.79 Å². The molecule has 0 radical (unpaired) electrons. The number of rotatable bonds is 5. The number of benzene rings is 2. The van der Waals surface area contributed by atoms with E-state index in [1.807, 2.05) is 54.1 Å². The van der Waals surface area contributed by atoms with E-state index in [0.29, 0.717) is 6.54 Å². The van der Waals surface area contributed by atoms with Gasteiger partial charge in [-0.3, -0.25) is 0 Å². The molecule has 28 heavy (non-hydrogen) atoms. The normalized spacial score (nSPS) is 11.3. The molecule has 0 aliphatic rings. The summed E-state index contributed by atoms with van der Waals surface area (Å²) in [4.78, 5) is 12.1. The van der Waals surface area contributed by atoms with Gasteiger partial charge in [-0.2, -0.15) is 13.2 Å². The molecular formula is C21H20F3N3O. The van der Waals surface area contributed by atoms with Gasteiger partial charge in [-0.15, -0.1) is 0 Å². The van der Waals surface area contributed by atoms with E-state index in [-0.39, 0.29) is 12.2 Å². The third kappa shape index (κ3) is 4.94. The molecule has 0 saturated carbocycles. The highest BCUT2D eigenvalue weighted by molar-refractivity contribution is 5.89. The Balaban J connectivity index is 1.60. The quantitative estimate of drug-likeness (QED) is 0.622. The molecule has 3 aromatic rings. The molecule has 0 bridgehead atoms. The first-order valence-electron chi connectivity index (χ1n) is 8.73. The van der Waals surface area contributed by atoms with Crippen LogP contribution >= 0.6 is 0 Å². The van der Waals surface area contributed by atoms with Crippen molar-refractivity contribution >= 4 is 11.7 Å². The zero-order chi connectivity index (χ0) is 20.1. The van der Waals surface area contributed by atoms with E-state index in [0.717, 1.165) is 17.8 Å². The van der Waals surface area contributed by atoms with Crippen molar-refractivity contribution in [2.75, 3.05) is 5.32 Å². The molecule has 3 rings (SSSR count). The lowest BCUT2D eigenvalue weighted by molar-refractivity contribution is -0.137. The zero-order valence-electron chi connectivity index (χ0n) is 15.3. The number of nitrogens with zero attached hydrogens (tertiary/aromatic N) is 1. The van der Waals surface area contributed by atoms with E-state index in [2.05, 4.69) is 10.6 Å². The van der Waals surface area contributed by atoms with Crippen LogP contribution in [0.4, 0.5) is 23.7 Å². The summed E-state index contributed by atoms with van der Waals surface area (Å²) >= 11 is 0. The number of urea groups is 1. The van der Waals surface area contributed by atoms with E-state index in [9.17, 15) is 18.0 Å². The maximum Gasteiger partial charge on any atom is 0.416 e. The molecule has 0 fully saturated rings. The second-order valence-corrected chi connectivity index (χ2v) is 6.44. The highest BCUT2D eigenvalue weighted by Gasteiger charge is 2.30. The Morgan fingerprint density at radius 1 is 1.04 bits per heavy atom. The number of aromatic nitrogens is 1. The number of hydrogen-bond acceptors (Lipinski definition) is 1. The third-order valence-corrected chi connectivity index (χ3v) is 4.40. The molecule has 0 unspecified atom stereocenters. The number of carbonyl (C=O) groups is 1. The first-order valence-corrected chi connectivity index (χ1v) is 8.73. The summed E-state index contributed by atoms with van der Waals surface area (Å²) < 4.78 is 40.3. The van der Waals surface area contributed by atoms with E-state index in [1.54, 1.807) is 0 Å². The lowest BCUT2D eigenvalue weighted by Crippen LogP contribution is -2.29. The zero-order valence-corrected chi connectivity index (χ0v) is 15.3. The number of alkyl halides is 3. The molecule has 1 aromatic heterocycles. The maximum absolute atomic E-state index is 12.8. The van der Waals surface area contributed by atoms with Crippen LogP contribution in [0, 0.1) is 6.92 Å². The third-order valence-electron chi connectivity index (χ3n) is 4.40. The Labute approximate surface area is 161 Å². The van der Waals surface area contributed by atoms with Gasteiger partial charge in [0.15, 0.2) is 0 Å². The van der Waals surface area contributed by atoms with Gasteiger partial charge < -0.3 is 15.2 Å². The van der Waals surface area contributed by atoms with Gasteiger partial charge in [-0.1, -0.05) is 30.3 Å². The number of nitrogens with one attached hydrogen (secondary N) is 2. The molecule has 0 aliphatic carbocycles. The molecule has 0 atom stereocenters. The van der Waals surface area contributed by atoms with Gasteiger partial charge in [0.1, 0.15) is 0 Å². The molecule has 2 aromatic carbocycles. The fourth-order valence-electron chi connectivity index (χ4n) is 2.85. The number of carbonyl (C=O) groups excluding carboxylic acids is 1. The largest absolute Gasteiger partial charge is 0.416 e. The predicted octanol–water partition coefficient (Wildman–Crippen LogP) is 5.19. The Morgan fingerprint density at radius 2 is 1.82 bits per heavy atom. The molecule has 0 aliphatic heterocycles. The Bertz CT molecular complexity index is 963. The highest BCUT2D eigenvalue weighted by Crippen LogP contribution is 2.30. The first-order chi connectivity index (χ1) is 13.3. The van der Waals surface area contributed by atoms with Gasteiger partial charge in [0.2, 0.25) is 0 Å². The van der Waals surface area contributed by atoms with E-state index < -0.39 is 17.8 Å². The van der Waals surface area contributed by atoms with E-state index in [1.165, 1.54) is 23.3 Å². The fraction of sp³-hybridized carbons (Fsp3) is 0.190. The van der Waals surface area contributed by atoms with Crippen LogP contribution in [0.1, 0.15) is 22.4 Å². The topological polar surface area (TPSA) is 46.1 Å². The molecule has 4 nitrogen and oxygen atoms in total. The van der Waals surface area contributed by atoms with Crippen LogP contribution < -0.4 is 10.6 Å². The van der Waals surface area contributed by atoms with Crippen molar-refractivity contribution in [1.82, 2.24) is 9.88 Å². The van der Waals surface area contributed by atoms with Crippen molar-refractivity contribution < 1.29 is 18.0 Å². The molecule has 1 heterocycles. The summed E-state index contributed by atoms with van der Waals surface area (Å²) in [6.07, 6.45) is -2.53. The summed E-state index contributed by atoms with van der Waals surface area (Å²) in [7, 11) is 0. The summed E-state index contributed by atoms with van der Waals surface area (Å²) in [5.41, 5.74) is 2.52. The number of aryl methyl sites for hydroxylation is 1. The number of halogens is 3. The van der Waals surface area contributed by atoms with Crippen LogP contribution in [0.3, 0.4) is 0 Å². The molecular weight excluding hydrogens is 367 g/mol. The minimum absolute atomic E-state index is 0.0858. The standard InChI is InChI=1S/C21H20F3N3O/c1-15-6-2-3-7-16(15)14-27-11-5-10-19(27)13-25-20(28)26-18-9-4-8-17(12-18)21(22,23)24/h2-12H,13-14H2,1H3,(H2,25,26,28). The lowest BCUT2D eigenvalue weighted by atomic mass is 10.1. The smallest absolute Gasteiger partial charge is 0.345 e. The van der Waals surface area contributed by atoms with Gasteiger partial charge >= 0.3 is 12.2 Å². The predicted molar refractivity (Wildman–Crippen MR) is 102 cm³/mol. The second kappa shape index (κ2) is 8.21. The molecule has 0 spiro atoms. The van der Waals surface area contributed by atoms with Gasteiger partial charge in [0.05, 0.1) is 12.1 Å². The van der Waals surface area contributed by atoms with Crippen LogP contribution in [0.15, 0.2) is 66.9 Å². The van der Waals surface area contributed by atoms with Crippen LogP contribution in [0.25, 0.3) is 0 Å². The number of anilines is 1. The van der Waals surface area contributed by atoms with Gasteiger partial charge in [-0.05, 0) is 48.4 Å². The number of amides is 2. The minimum Gasteiger partial charge on any atom is -0.345 e. The van der Waals surface area contributed by atoms with Gasteiger partial charge in [0.25, 0.3) is 0 Å². The average Bonchev–Trinajstić information content (AvgIpc) is 3.08. The molecule has 7 heteroatoms. The van der Waals surface area contributed by atoms with Crippen molar-refractivity contribution in [3.05, 3.63) is 89.2 Å². The minimum atomic E-state index is -4.45. The van der Waals surface area contributed by atoms with Crippen LogP contribution in [0.2, 0.25) is 0 Å². The second-order valence-electron chi connectivity index (χ2n) is 6.44. The van der Waals surface area contributed by atoms with Crippen molar-refractivity contribution in [3.8, 4) is 0 Å². The lowest BCUT2D eigenvalue weighted by Gasteiger charge is -2.13. The number of hydrogen-bond donors (Lipinski definition) is 2. The maximum atomic E-state index is 12.8. The SMILES string of the molecule is Cc1ccccc1Cn1cccc1CNC(=O)Nc1cccc(C(F)(F)F)c1. The fourth-order valence-corrected chi connectivity index (χ4v) is 2.85. The Hall–Kier alpha value is -3.22. The summed E-state index contributed by atoms with van der Waals surface area (Å²) in [5.74, 6) is 0. The Kier molecular flexibility index (Phi) is 5.73. The molecule has 2 amide bonds. The van der Waals surface area contributed by atoms with Crippen LogP contribution in [-0.2, 0) is 19.3 Å². The monoisotopic (exact) mass is 387 g/mol. The summed E-state index contributed by atoms with van der Waals surface area (Å²) in [6.45, 7) is 2.97. The van der Waals surface area contributed by atoms with Crippen molar-refractivity contribution in [1.29, 1.82) is 0 Å². The average molecular weight is 387 g/mol. The van der Waals surface area contributed by atoms with E-state index in [4.69, 9.17) is 0 Å². The van der Waals surface area contributed by atoms with Crippen molar-refractivity contribution in [2.24, 2.45) is 0 Å². The molecule has 2 N–H and O–H groups in total. The van der Waals surface area contributed by atoms with Crippen LogP contribution in [-0.4, -0.2) is 10.6 Å². The first kappa shape index (κ1) is 19.5. The molecule has 146 valence electrons.